The van der Waals surface area contributed by atoms with E-state index in [-0.39, 0.29) is 17.2 Å². The van der Waals surface area contributed by atoms with Crippen molar-refractivity contribution in [2.24, 2.45) is 0 Å². The van der Waals surface area contributed by atoms with E-state index in [1.807, 2.05) is 55.5 Å². The van der Waals surface area contributed by atoms with Crippen LogP contribution in [0.25, 0.3) is 0 Å². The van der Waals surface area contributed by atoms with Gasteiger partial charge in [-0.3, -0.25) is 9.59 Å². The number of carbonyl (C=O) groups excluding carboxylic acids is 1. The fourth-order valence-corrected chi connectivity index (χ4v) is 2.75. The van der Waals surface area contributed by atoms with Gasteiger partial charge in [-0.2, -0.15) is 5.10 Å². The summed E-state index contributed by atoms with van der Waals surface area (Å²) in [4.78, 5) is 24.5. The maximum atomic E-state index is 12.4. The summed E-state index contributed by atoms with van der Waals surface area (Å²) >= 11 is 0. The first-order chi connectivity index (χ1) is 13.5. The Bertz CT molecular complexity index is 993. The van der Waals surface area contributed by atoms with Gasteiger partial charge in [0, 0.05) is 12.6 Å². The van der Waals surface area contributed by atoms with E-state index >= 15 is 0 Å². The Morgan fingerprint density at radius 1 is 1.00 bits per heavy atom. The lowest BCUT2D eigenvalue weighted by Crippen LogP contribution is -2.31. The van der Waals surface area contributed by atoms with Crippen LogP contribution in [0.4, 0.5) is 0 Å². The molecule has 0 bridgehead atoms. The summed E-state index contributed by atoms with van der Waals surface area (Å²) in [6, 6.07) is 18.4. The minimum atomic E-state index is -0.300. The van der Waals surface area contributed by atoms with E-state index in [2.05, 4.69) is 10.4 Å². The van der Waals surface area contributed by atoms with Crippen molar-refractivity contribution in [3.63, 3.8) is 0 Å². The van der Waals surface area contributed by atoms with Gasteiger partial charge >= 0.3 is 0 Å². The molecule has 28 heavy (non-hydrogen) atoms. The van der Waals surface area contributed by atoms with Crippen molar-refractivity contribution in [1.82, 2.24) is 15.1 Å². The maximum absolute atomic E-state index is 12.4. The molecule has 1 N–H and O–H groups in total. The molecule has 0 radical (unpaired) electrons. The van der Waals surface area contributed by atoms with Crippen molar-refractivity contribution in [2.75, 3.05) is 13.7 Å². The molecule has 0 unspecified atom stereocenters. The second kappa shape index (κ2) is 8.99. The number of hydrogen-bond acceptors (Lipinski definition) is 4. The third-order valence-electron chi connectivity index (χ3n) is 4.41. The molecule has 0 saturated carbocycles. The van der Waals surface area contributed by atoms with E-state index in [9.17, 15) is 9.59 Å². The van der Waals surface area contributed by atoms with Gasteiger partial charge in [-0.15, -0.1) is 0 Å². The van der Waals surface area contributed by atoms with E-state index < -0.39 is 0 Å². The van der Waals surface area contributed by atoms with E-state index in [0.717, 1.165) is 22.4 Å². The van der Waals surface area contributed by atoms with Crippen LogP contribution in [-0.2, 0) is 13.0 Å². The molecular formula is C22H23N3O3. The number of nitrogens with one attached hydrogen (secondary N) is 1. The first-order valence-electron chi connectivity index (χ1n) is 9.10. The number of carbonyl (C=O) groups is 1. The SMILES string of the molecule is COc1ccc(CCNC(=O)c2ccc(=O)n(Cc3ccc(C)cc3)n2)cc1. The molecule has 144 valence electrons. The van der Waals surface area contributed by atoms with Gasteiger partial charge in [0.1, 0.15) is 11.4 Å². The van der Waals surface area contributed by atoms with E-state index in [4.69, 9.17) is 4.74 Å². The molecule has 6 heteroatoms. The topological polar surface area (TPSA) is 73.2 Å². The third kappa shape index (κ3) is 5.07. The second-order valence-corrected chi connectivity index (χ2v) is 6.55. The molecule has 0 aliphatic heterocycles. The molecule has 3 rings (SSSR count). The van der Waals surface area contributed by atoms with Crippen molar-refractivity contribution in [3.05, 3.63) is 93.4 Å². The summed E-state index contributed by atoms with van der Waals surface area (Å²) in [6.07, 6.45) is 0.693. The summed E-state index contributed by atoms with van der Waals surface area (Å²) in [7, 11) is 1.63. The van der Waals surface area contributed by atoms with Crippen LogP contribution in [-0.4, -0.2) is 29.3 Å². The Hall–Kier alpha value is -3.41. The Morgan fingerprint density at radius 3 is 2.36 bits per heavy atom. The molecule has 0 atom stereocenters. The Morgan fingerprint density at radius 2 is 1.68 bits per heavy atom. The van der Waals surface area contributed by atoms with E-state index in [0.29, 0.717) is 19.5 Å². The molecule has 1 aromatic heterocycles. The smallest absolute Gasteiger partial charge is 0.271 e. The van der Waals surface area contributed by atoms with Crippen molar-refractivity contribution >= 4 is 5.91 Å². The molecule has 2 aromatic carbocycles. The Balaban J connectivity index is 1.61. The van der Waals surface area contributed by atoms with Gasteiger partial charge in [0.2, 0.25) is 0 Å². The van der Waals surface area contributed by atoms with Crippen LogP contribution < -0.4 is 15.6 Å². The monoisotopic (exact) mass is 377 g/mol. The lowest BCUT2D eigenvalue weighted by Gasteiger charge is -2.09. The molecule has 1 amide bonds. The predicted molar refractivity (Wildman–Crippen MR) is 108 cm³/mol. The van der Waals surface area contributed by atoms with Crippen molar-refractivity contribution in [3.8, 4) is 5.75 Å². The fourth-order valence-electron chi connectivity index (χ4n) is 2.75. The van der Waals surface area contributed by atoms with Crippen LogP contribution >= 0.6 is 0 Å². The highest BCUT2D eigenvalue weighted by atomic mass is 16.5. The van der Waals surface area contributed by atoms with Crippen molar-refractivity contribution in [1.29, 1.82) is 0 Å². The number of aryl methyl sites for hydroxylation is 1. The number of methoxy groups -OCH3 is 1. The van der Waals surface area contributed by atoms with Crippen LogP contribution in [0.2, 0.25) is 0 Å². The summed E-state index contributed by atoms with van der Waals surface area (Å²) in [5.74, 6) is 0.499. The summed E-state index contributed by atoms with van der Waals surface area (Å²) < 4.78 is 6.44. The zero-order valence-corrected chi connectivity index (χ0v) is 16.0. The highest BCUT2D eigenvalue weighted by Crippen LogP contribution is 2.11. The van der Waals surface area contributed by atoms with Crippen LogP contribution in [0.1, 0.15) is 27.2 Å². The zero-order valence-electron chi connectivity index (χ0n) is 16.0. The standard InChI is InChI=1S/C22H23N3O3/c1-16-3-5-18(6-4-16)15-25-21(26)12-11-20(24-25)22(27)23-14-13-17-7-9-19(28-2)10-8-17/h3-12H,13-15H2,1-2H3,(H,23,27). The molecule has 0 aliphatic carbocycles. The molecule has 0 saturated heterocycles. The average molecular weight is 377 g/mol. The number of amides is 1. The van der Waals surface area contributed by atoms with Gasteiger partial charge in [0.25, 0.3) is 11.5 Å². The van der Waals surface area contributed by atoms with Crippen LogP contribution in [0, 0.1) is 6.92 Å². The Labute approximate surface area is 163 Å². The second-order valence-electron chi connectivity index (χ2n) is 6.55. The number of nitrogens with zero attached hydrogens (tertiary/aromatic N) is 2. The molecule has 6 nitrogen and oxygen atoms in total. The highest BCUT2D eigenvalue weighted by Gasteiger charge is 2.10. The van der Waals surface area contributed by atoms with Crippen LogP contribution in [0.3, 0.4) is 0 Å². The highest BCUT2D eigenvalue weighted by molar-refractivity contribution is 5.91. The average Bonchev–Trinajstić information content (AvgIpc) is 2.71. The lowest BCUT2D eigenvalue weighted by atomic mass is 10.1. The third-order valence-corrected chi connectivity index (χ3v) is 4.41. The van der Waals surface area contributed by atoms with Crippen molar-refractivity contribution < 1.29 is 9.53 Å². The molecular weight excluding hydrogens is 354 g/mol. The summed E-state index contributed by atoms with van der Waals surface area (Å²) in [6.45, 7) is 2.81. The molecule has 0 spiro atoms. The van der Waals surface area contributed by atoms with E-state index in [1.165, 1.54) is 16.8 Å². The summed E-state index contributed by atoms with van der Waals surface area (Å²) in [5.41, 5.74) is 3.18. The molecule has 3 aromatic rings. The quantitative estimate of drug-likeness (QED) is 0.687. The number of aromatic nitrogens is 2. The number of rotatable bonds is 7. The minimum Gasteiger partial charge on any atom is -0.497 e. The zero-order chi connectivity index (χ0) is 19.9. The van der Waals surface area contributed by atoms with Crippen molar-refractivity contribution in [2.45, 2.75) is 19.9 Å². The predicted octanol–water partition coefficient (Wildman–Crippen LogP) is 2.58. The molecule has 0 fully saturated rings. The van der Waals surface area contributed by atoms with Gasteiger partial charge < -0.3 is 10.1 Å². The first-order valence-corrected chi connectivity index (χ1v) is 9.10. The minimum absolute atomic E-state index is 0.224. The lowest BCUT2D eigenvalue weighted by molar-refractivity contribution is 0.0946. The van der Waals surface area contributed by atoms with Crippen LogP contribution in [0.5, 0.6) is 5.75 Å². The van der Waals surface area contributed by atoms with E-state index in [1.54, 1.807) is 7.11 Å². The number of hydrogen-bond donors (Lipinski definition) is 1. The Kier molecular flexibility index (Phi) is 6.22. The fraction of sp³-hybridized carbons (Fsp3) is 0.227. The molecule has 0 aliphatic rings. The van der Waals surface area contributed by atoms with Gasteiger partial charge in [0.15, 0.2) is 0 Å². The number of ether oxygens (including phenoxy) is 1. The normalized spacial score (nSPS) is 10.5. The number of benzene rings is 2. The molecule has 1 heterocycles. The van der Waals surface area contributed by atoms with Gasteiger partial charge in [-0.1, -0.05) is 42.0 Å². The maximum Gasteiger partial charge on any atom is 0.271 e. The van der Waals surface area contributed by atoms with Crippen LogP contribution in [0.15, 0.2) is 65.5 Å². The summed E-state index contributed by atoms with van der Waals surface area (Å²) in [5, 5.41) is 7.06. The van der Waals surface area contributed by atoms with Gasteiger partial charge in [-0.05, 0) is 42.7 Å². The van der Waals surface area contributed by atoms with Gasteiger partial charge in [-0.25, -0.2) is 4.68 Å². The first kappa shape index (κ1) is 19.4. The van der Waals surface area contributed by atoms with Gasteiger partial charge in [0.05, 0.1) is 13.7 Å². The largest absolute Gasteiger partial charge is 0.497 e.